The van der Waals surface area contributed by atoms with Crippen molar-refractivity contribution in [1.82, 2.24) is 0 Å². The van der Waals surface area contributed by atoms with Crippen molar-refractivity contribution in [2.45, 2.75) is 0 Å². The van der Waals surface area contributed by atoms with E-state index < -0.39 is 0 Å². The lowest BCUT2D eigenvalue weighted by molar-refractivity contribution is 1.70. The van der Waals surface area contributed by atoms with Gasteiger partial charge in [-0.15, -0.1) is 22.7 Å². The Kier molecular flexibility index (Phi) is 5.97. The van der Waals surface area contributed by atoms with Gasteiger partial charge in [0.2, 0.25) is 0 Å². The molecule has 0 atom stereocenters. The summed E-state index contributed by atoms with van der Waals surface area (Å²) in [6, 6.07) is 49.0. The zero-order valence-corrected chi connectivity index (χ0v) is 25.5. The molecule has 2 heteroatoms. The van der Waals surface area contributed by atoms with Crippen LogP contribution in [0.5, 0.6) is 0 Å². The van der Waals surface area contributed by atoms with Crippen LogP contribution in [0.2, 0.25) is 0 Å². The van der Waals surface area contributed by atoms with E-state index in [1.165, 1.54) is 84.1 Å². The topological polar surface area (TPSA) is 0 Å². The molecule has 0 bridgehead atoms. The molecule has 7 aromatic carbocycles. The van der Waals surface area contributed by atoms with Crippen LogP contribution in [0.3, 0.4) is 0 Å². The molecule has 0 spiro atoms. The van der Waals surface area contributed by atoms with Gasteiger partial charge in [0.1, 0.15) is 0 Å². The van der Waals surface area contributed by atoms with Crippen LogP contribution in [0.1, 0.15) is 22.3 Å². The molecule has 0 N–H and O–H groups in total. The fourth-order valence-corrected chi connectivity index (χ4v) is 8.70. The normalized spacial score (nSPS) is 12.4. The van der Waals surface area contributed by atoms with Gasteiger partial charge in [-0.05, 0) is 80.2 Å². The quantitative estimate of drug-likeness (QED) is 0.140. The maximum Gasteiger partial charge on any atom is 0.0361 e. The standard InChI is InChI=1S/C42H26S2/c1-3-7-39-35(5-1)37-21-15-29(25-41(37)43-39)11-9-27-13-19-33-31(23-27)17-18-32-24-28(14-20-34(32)33)10-12-30-16-22-38-36-6-2-4-8-40(36)44-42(38)26-30/h1-26H. The van der Waals surface area contributed by atoms with Gasteiger partial charge in [-0.1, -0.05) is 121 Å². The van der Waals surface area contributed by atoms with E-state index in [4.69, 9.17) is 0 Å². The zero-order valence-electron chi connectivity index (χ0n) is 23.8. The Morgan fingerprint density at radius 2 is 0.659 bits per heavy atom. The van der Waals surface area contributed by atoms with E-state index in [2.05, 4.69) is 158 Å². The van der Waals surface area contributed by atoms with Gasteiger partial charge in [-0.25, -0.2) is 0 Å². The van der Waals surface area contributed by atoms with Crippen LogP contribution in [0, 0.1) is 0 Å². The molecule has 44 heavy (non-hydrogen) atoms. The number of hydrogen-bond donors (Lipinski definition) is 0. The predicted molar refractivity (Wildman–Crippen MR) is 198 cm³/mol. The smallest absolute Gasteiger partial charge is 0.0361 e. The lowest BCUT2D eigenvalue weighted by Gasteiger charge is -2.06. The molecule has 2 aromatic heterocycles. The Morgan fingerprint density at radius 1 is 0.295 bits per heavy atom. The third kappa shape index (κ3) is 4.43. The van der Waals surface area contributed by atoms with E-state index in [1.807, 2.05) is 22.7 Å². The van der Waals surface area contributed by atoms with Crippen molar-refractivity contribution < 1.29 is 0 Å². The molecule has 206 valence electrons. The van der Waals surface area contributed by atoms with Crippen LogP contribution >= 0.6 is 22.7 Å². The summed E-state index contributed by atoms with van der Waals surface area (Å²) < 4.78 is 5.37. The SMILES string of the molecule is C(=Cc1ccc2c(c1)sc1ccccc12)c1ccc2c(ccc3cc(C=Cc4ccc5c(c4)sc4ccccc45)ccc32)c1. The summed E-state index contributed by atoms with van der Waals surface area (Å²) in [5, 5.41) is 10.5. The highest BCUT2D eigenvalue weighted by Crippen LogP contribution is 2.36. The Balaban J connectivity index is 0.982. The van der Waals surface area contributed by atoms with E-state index in [9.17, 15) is 0 Å². The van der Waals surface area contributed by atoms with Gasteiger partial charge in [0.15, 0.2) is 0 Å². The van der Waals surface area contributed by atoms with Crippen molar-refractivity contribution >= 4 is 109 Å². The molecular formula is C42H26S2. The molecular weight excluding hydrogens is 569 g/mol. The van der Waals surface area contributed by atoms with Crippen LogP contribution in [-0.2, 0) is 0 Å². The maximum absolute atomic E-state index is 2.31. The molecule has 0 fully saturated rings. The van der Waals surface area contributed by atoms with E-state index >= 15 is 0 Å². The van der Waals surface area contributed by atoms with Crippen molar-refractivity contribution in [3.8, 4) is 0 Å². The third-order valence-electron chi connectivity index (χ3n) is 8.63. The van der Waals surface area contributed by atoms with Gasteiger partial charge < -0.3 is 0 Å². The summed E-state index contributed by atoms with van der Waals surface area (Å²) in [6.07, 6.45) is 8.90. The van der Waals surface area contributed by atoms with Crippen LogP contribution in [0.25, 0.3) is 86.2 Å². The molecule has 2 heterocycles. The van der Waals surface area contributed by atoms with Gasteiger partial charge >= 0.3 is 0 Å². The minimum absolute atomic E-state index is 1.21. The van der Waals surface area contributed by atoms with Crippen molar-refractivity contribution in [2.75, 3.05) is 0 Å². The Labute approximate surface area is 263 Å². The van der Waals surface area contributed by atoms with E-state index in [0.29, 0.717) is 0 Å². The largest absolute Gasteiger partial charge is 0.135 e. The number of fused-ring (bicyclic) bond motifs is 9. The lowest BCUT2D eigenvalue weighted by Crippen LogP contribution is -1.81. The van der Waals surface area contributed by atoms with Crippen molar-refractivity contribution in [3.63, 3.8) is 0 Å². The maximum atomic E-state index is 2.31. The lowest BCUT2D eigenvalue weighted by atomic mass is 9.98. The third-order valence-corrected chi connectivity index (χ3v) is 10.9. The second-order valence-corrected chi connectivity index (χ2v) is 13.6. The first-order chi connectivity index (χ1) is 21.7. The van der Waals surface area contributed by atoms with Gasteiger partial charge in [-0.3, -0.25) is 0 Å². The summed E-state index contributed by atoms with van der Waals surface area (Å²) in [7, 11) is 0. The molecule has 0 radical (unpaired) electrons. The Hall–Kier alpha value is -5.02. The highest BCUT2D eigenvalue weighted by atomic mass is 32.1. The van der Waals surface area contributed by atoms with Gasteiger partial charge in [-0.2, -0.15) is 0 Å². The van der Waals surface area contributed by atoms with Crippen molar-refractivity contribution in [3.05, 3.63) is 156 Å². The fourth-order valence-electron chi connectivity index (χ4n) is 6.39. The highest BCUT2D eigenvalue weighted by Gasteiger charge is 2.06. The summed E-state index contributed by atoms with van der Waals surface area (Å²) in [5.74, 6) is 0. The summed E-state index contributed by atoms with van der Waals surface area (Å²) in [4.78, 5) is 0. The second kappa shape index (κ2) is 10.3. The van der Waals surface area contributed by atoms with Crippen molar-refractivity contribution in [2.24, 2.45) is 0 Å². The average Bonchev–Trinajstić information content (AvgIpc) is 3.63. The number of rotatable bonds is 4. The van der Waals surface area contributed by atoms with Crippen molar-refractivity contribution in [1.29, 1.82) is 0 Å². The van der Waals surface area contributed by atoms with E-state index in [0.717, 1.165) is 0 Å². The minimum Gasteiger partial charge on any atom is -0.135 e. The molecule has 0 amide bonds. The predicted octanol–water partition coefficient (Wildman–Crippen LogP) is 13.1. The number of hydrogen-bond acceptors (Lipinski definition) is 2. The highest BCUT2D eigenvalue weighted by molar-refractivity contribution is 7.26. The van der Waals surface area contributed by atoms with Gasteiger partial charge in [0, 0.05) is 40.3 Å². The van der Waals surface area contributed by atoms with Gasteiger partial charge in [0.05, 0.1) is 0 Å². The minimum atomic E-state index is 1.21. The first-order valence-corrected chi connectivity index (χ1v) is 16.5. The molecule has 0 unspecified atom stereocenters. The monoisotopic (exact) mass is 594 g/mol. The Bertz CT molecular complexity index is 2430. The Morgan fingerprint density at radius 3 is 1.11 bits per heavy atom. The summed E-state index contributed by atoms with van der Waals surface area (Å²) in [5.41, 5.74) is 4.88. The fraction of sp³-hybridized carbons (Fsp3) is 0. The second-order valence-electron chi connectivity index (χ2n) is 11.4. The molecule has 9 aromatic rings. The summed E-state index contributed by atoms with van der Waals surface area (Å²) >= 11 is 3.73. The molecule has 9 rings (SSSR count). The first kappa shape index (κ1) is 25.5. The number of benzene rings is 7. The van der Waals surface area contributed by atoms with Crippen LogP contribution < -0.4 is 0 Å². The van der Waals surface area contributed by atoms with Crippen LogP contribution in [0.4, 0.5) is 0 Å². The van der Waals surface area contributed by atoms with Gasteiger partial charge in [0.25, 0.3) is 0 Å². The molecule has 0 aliphatic rings. The van der Waals surface area contributed by atoms with E-state index in [-0.39, 0.29) is 0 Å². The molecule has 0 aliphatic carbocycles. The first-order valence-electron chi connectivity index (χ1n) is 14.9. The molecule has 0 saturated heterocycles. The van der Waals surface area contributed by atoms with Crippen LogP contribution in [-0.4, -0.2) is 0 Å². The van der Waals surface area contributed by atoms with E-state index in [1.54, 1.807) is 0 Å². The molecule has 0 aliphatic heterocycles. The average molecular weight is 595 g/mol. The molecule has 0 saturated carbocycles. The summed E-state index contributed by atoms with van der Waals surface area (Å²) in [6.45, 7) is 0. The van der Waals surface area contributed by atoms with Crippen LogP contribution in [0.15, 0.2) is 133 Å². The molecule has 0 nitrogen and oxygen atoms in total. The number of thiophene rings is 2. The zero-order chi connectivity index (χ0) is 29.0.